The van der Waals surface area contributed by atoms with Crippen molar-refractivity contribution in [3.8, 4) is 0 Å². The van der Waals surface area contributed by atoms with Crippen LogP contribution in [0.3, 0.4) is 0 Å². The molecule has 0 aromatic carbocycles. The van der Waals surface area contributed by atoms with E-state index in [-0.39, 0.29) is 0 Å². The summed E-state index contributed by atoms with van der Waals surface area (Å²) in [5.74, 6) is 0. The van der Waals surface area contributed by atoms with E-state index >= 15 is 0 Å². The summed E-state index contributed by atoms with van der Waals surface area (Å²) in [6.07, 6.45) is 18.2. The molecule has 2 heterocycles. The van der Waals surface area contributed by atoms with Gasteiger partial charge >= 0.3 is 0 Å². The van der Waals surface area contributed by atoms with Crippen molar-refractivity contribution in [2.45, 2.75) is 51.9 Å². The minimum absolute atomic E-state index is 1.05. The highest BCUT2D eigenvalue weighted by Gasteiger charge is 2.11. The zero-order valence-corrected chi connectivity index (χ0v) is 17.4. The Morgan fingerprint density at radius 3 is 1.62 bits per heavy atom. The zero-order chi connectivity index (χ0) is 18.6. The number of nitrogens with zero attached hydrogens (tertiary/aromatic N) is 5. The molecule has 5 nitrogen and oxygen atoms in total. The molecule has 0 aromatic rings. The first-order chi connectivity index (χ1) is 12.7. The first-order valence-corrected chi connectivity index (χ1v) is 10.6. The van der Waals surface area contributed by atoms with Crippen LogP contribution in [0.15, 0.2) is 24.8 Å². The number of hydrogen-bond acceptors (Lipinski definition) is 5. The zero-order valence-electron chi connectivity index (χ0n) is 17.4. The molecule has 5 heteroatoms. The summed E-state index contributed by atoms with van der Waals surface area (Å²) in [7, 11) is 4.28. The summed E-state index contributed by atoms with van der Waals surface area (Å²) in [4.78, 5) is 12.0. The summed E-state index contributed by atoms with van der Waals surface area (Å²) in [6, 6.07) is 0. The molecule has 0 unspecified atom stereocenters. The van der Waals surface area contributed by atoms with Crippen LogP contribution in [0.5, 0.6) is 0 Å². The van der Waals surface area contributed by atoms with Gasteiger partial charge in [0.25, 0.3) is 0 Å². The highest BCUT2D eigenvalue weighted by Crippen LogP contribution is 2.09. The Morgan fingerprint density at radius 1 is 0.654 bits per heavy atom. The van der Waals surface area contributed by atoms with Crippen LogP contribution in [0.4, 0.5) is 0 Å². The fourth-order valence-corrected chi connectivity index (χ4v) is 3.74. The topological polar surface area (TPSA) is 16.2 Å². The number of rotatable bonds is 14. The average molecular weight is 364 g/mol. The summed E-state index contributed by atoms with van der Waals surface area (Å²) in [6.45, 7) is 10.5. The molecule has 0 saturated heterocycles. The summed E-state index contributed by atoms with van der Waals surface area (Å²) >= 11 is 0. The van der Waals surface area contributed by atoms with Crippen LogP contribution < -0.4 is 0 Å². The van der Waals surface area contributed by atoms with E-state index in [1.807, 2.05) is 0 Å². The molecule has 0 aromatic heterocycles. The Labute approximate surface area is 161 Å². The lowest BCUT2D eigenvalue weighted by molar-refractivity contribution is 0.220. The van der Waals surface area contributed by atoms with Crippen LogP contribution in [0.2, 0.25) is 0 Å². The van der Waals surface area contributed by atoms with Gasteiger partial charge in [0, 0.05) is 52.0 Å². The van der Waals surface area contributed by atoms with Crippen LogP contribution in [0.1, 0.15) is 51.9 Å². The highest BCUT2D eigenvalue weighted by atomic mass is 15.3. The van der Waals surface area contributed by atoms with E-state index in [9.17, 15) is 0 Å². The quantitative estimate of drug-likeness (QED) is 0.438. The van der Waals surface area contributed by atoms with Crippen molar-refractivity contribution >= 4 is 0 Å². The molecule has 150 valence electrons. The lowest BCUT2D eigenvalue weighted by Crippen LogP contribution is -2.32. The lowest BCUT2D eigenvalue weighted by Gasteiger charge is -2.25. The molecule has 0 atom stereocenters. The van der Waals surface area contributed by atoms with E-state index in [2.05, 4.69) is 70.3 Å². The van der Waals surface area contributed by atoms with Gasteiger partial charge in [-0.05, 0) is 38.9 Å². The second-order valence-electron chi connectivity index (χ2n) is 7.98. The number of unbranched alkanes of at least 4 members (excludes halogenated alkanes) is 4. The van der Waals surface area contributed by atoms with Crippen LogP contribution in [-0.4, -0.2) is 84.7 Å². The monoisotopic (exact) mass is 363 g/mol. The van der Waals surface area contributed by atoms with Crippen molar-refractivity contribution in [2.24, 2.45) is 0 Å². The standard InChI is InChI=1S/C21H41N5/c1-4-5-6-7-8-11-24(12-9-14-25-18-16-22(2)20-25)13-10-15-26-19-17-23(3)21-26/h16-19H,4-15,20-21H2,1-3H3. The van der Waals surface area contributed by atoms with Gasteiger partial charge in [0.1, 0.15) is 0 Å². The van der Waals surface area contributed by atoms with Gasteiger partial charge in [-0.3, -0.25) is 0 Å². The predicted molar refractivity (Wildman–Crippen MR) is 111 cm³/mol. The molecular weight excluding hydrogens is 322 g/mol. The van der Waals surface area contributed by atoms with E-state index < -0.39 is 0 Å². The van der Waals surface area contributed by atoms with Crippen LogP contribution in [0, 0.1) is 0 Å². The Morgan fingerprint density at radius 2 is 1.15 bits per heavy atom. The second kappa shape index (κ2) is 12.1. The predicted octanol–water partition coefficient (Wildman–Crippen LogP) is 3.39. The first kappa shape index (κ1) is 20.9. The average Bonchev–Trinajstić information content (AvgIpc) is 3.22. The second-order valence-corrected chi connectivity index (χ2v) is 7.98. The van der Waals surface area contributed by atoms with Gasteiger partial charge in [0.15, 0.2) is 0 Å². The van der Waals surface area contributed by atoms with E-state index in [4.69, 9.17) is 0 Å². The third kappa shape index (κ3) is 8.35. The smallest absolute Gasteiger partial charge is 0.0890 e. The van der Waals surface area contributed by atoms with Crippen molar-refractivity contribution in [1.82, 2.24) is 24.5 Å². The molecule has 0 spiro atoms. The van der Waals surface area contributed by atoms with Crippen molar-refractivity contribution in [1.29, 1.82) is 0 Å². The van der Waals surface area contributed by atoms with Gasteiger partial charge in [-0.15, -0.1) is 0 Å². The maximum absolute atomic E-state index is 2.71. The Hall–Kier alpha value is -1.36. The summed E-state index contributed by atoms with van der Waals surface area (Å²) in [5, 5.41) is 0. The highest BCUT2D eigenvalue weighted by molar-refractivity contribution is 4.89. The van der Waals surface area contributed by atoms with Gasteiger partial charge in [0.2, 0.25) is 0 Å². The van der Waals surface area contributed by atoms with E-state index in [0.29, 0.717) is 0 Å². The Bertz CT molecular complexity index is 391. The minimum Gasteiger partial charge on any atom is -0.362 e. The fraction of sp³-hybridized carbons (Fsp3) is 0.810. The maximum atomic E-state index is 2.71. The summed E-state index contributed by atoms with van der Waals surface area (Å²) < 4.78 is 0. The van der Waals surface area contributed by atoms with Gasteiger partial charge in [-0.25, -0.2) is 0 Å². The largest absolute Gasteiger partial charge is 0.362 e. The molecule has 2 aliphatic rings. The van der Waals surface area contributed by atoms with Crippen LogP contribution >= 0.6 is 0 Å². The normalized spacial score (nSPS) is 16.8. The van der Waals surface area contributed by atoms with Crippen LogP contribution in [0.25, 0.3) is 0 Å². The third-order valence-corrected chi connectivity index (χ3v) is 5.29. The van der Waals surface area contributed by atoms with Crippen molar-refractivity contribution in [2.75, 3.05) is 60.2 Å². The van der Waals surface area contributed by atoms with Gasteiger partial charge in [-0.2, -0.15) is 0 Å². The van der Waals surface area contributed by atoms with Crippen LogP contribution in [-0.2, 0) is 0 Å². The number of hydrogen-bond donors (Lipinski definition) is 0. The minimum atomic E-state index is 1.05. The molecule has 0 N–H and O–H groups in total. The van der Waals surface area contributed by atoms with Gasteiger partial charge in [0.05, 0.1) is 13.3 Å². The van der Waals surface area contributed by atoms with Crippen molar-refractivity contribution in [3.63, 3.8) is 0 Å². The Kier molecular flexibility index (Phi) is 9.75. The maximum Gasteiger partial charge on any atom is 0.0890 e. The lowest BCUT2D eigenvalue weighted by atomic mass is 10.1. The van der Waals surface area contributed by atoms with Crippen molar-refractivity contribution < 1.29 is 0 Å². The molecular formula is C21H41N5. The molecule has 0 amide bonds. The molecule has 0 aliphatic carbocycles. The molecule has 0 bridgehead atoms. The molecule has 0 fully saturated rings. The van der Waals surface area contributed by atoms with E-state index in [0.717, 1.165) is 13.3 Å². The molecule has 2 aliphatic heterocycles. The molecule has 0 saturated carbocycles. The molecule has 26 heavy (non-hydrogen) atoms. The van der Waals surface area contributed by atoms with E-state index in [1.165, 1.54) is 77.7 Å². The first-order valence-electron chi connectivity index (χ1n) is 10.6. The molecule has 2 rings (SSSR count). The third-order valence-electron chi connectivity index (χ3n) is 5.29. The van der Waals surface area contributed by atoms with Gasteiger partial charge in [-0.1, -0.05) is 32.6 Å². The van der Waals surface area contributed by atoms with Crippen molar-refractivity contribution in [3.05, 3.63) is 24.8 Å². The Balaban J connectivity index is 1.62. The SMILES string of the molecule is CCCCCCCN(CCCN1C=CN(C)C1)CCCN1C=CN(C)C1. The fourth-order valence-electron chi connectivity index (χ4n) is 3.74. The summed E-state index contributed by atoms with van der Waals surface area (Å²) in [5.41, 5.74) is 0. The molecule has 0 radical (unpaired) electrons. The van der Waals surface area contributed by atoms with E-state index in [1.54, 1.807) is 0 Å². The van der Waals surface area contributed by atoms with Gasteiger partial charge < -0.3 is 24.5 Å².